The van der Waals surface area contributed by atoms with Crippen molar-refractivity contribution in [1.29, 1.82) is 0 Å². The Morgan fingerprint density at radius 2 is 1.85 bits per heavy atom. The van der Waals surface area contributed by atoms with Crippen molar-refractivity contribution in [2.45, 2.75) is 0 Å². The molecule has 1 amide bonds. The topological polar surface area (TPSA) is 41.5 Å². The Hall–Kier alpha value is -1.91. The number of carbonyl (C=O) groups excluding carboxylic acids is 1. The average Bonchev–Trinajstić information content (AvgIpc) is 2.41. The number of halogens is 3. The molecule has 102 valence electrons. The van der Waals surface area contributed by atoms with Crippen LogP contribution >= 0.6 is 23.2 Å². The number of amides is 1. The monoisotopic (exact) mass is 310 g/mol. The second kappa shape index (κ2) is 6.50. The van der Waals surface area contributed by atoms with Crippen molar-refractivity contribution in [3.8, 4) is 0 Å². The van der Waals surface area contributed by atoms with Crippen molar-refractivity contribution in [3.63, 3.8) is 0 Å². The number of hydrogen-bond acceptors (Lipinski definition) is 2. The fourth-order valence-electron chi connectivity index (χ4n) is 1.45. The summed E-state index contributed by atoms with van der Waals surface area (Å²) in [6.07, 6.45) is 1.40. The van der Waals surface area contributed by atoms with Crippen LogP contribution in [0.25, 0.3) is 0 Å². The van der Waals surface area contributed by atoms with Crippen molar-refractivity contribution in [2.75, 3.05) is 0 Å². The van der Waals surface area contributed by atoms with Gasteiger partial charge in [0.1, 0.15) is 5.82 Å². The molecule has 1 N–H and O–H groups in total. The molecule has 2 aromatic carbocycles. The second-order valence-corrected chi connectivity index (χ2v) is 4.72. The predicted molar refractivity (Wildman–Crippen MR) is 77.9 cm³/mol. The molecule has 0 heterocycles. The largest absolute Gasteiger partial charge is 0.272 e. The highest BCUT2D eigenvalue weighted by Gasteiger charge is 2.09. The molecule has 2 rings (SSSR count). The van der Waals surface area contributed by atoms with Crippen LogP contribution in [0.2, 0.25) is 10.0 Å². The summed E-state index contributed by atoms with van der Waals surface area (Å²) in [6, 6.07) is 10.2. The van der Waals surface area contributed by atoms with Crippen molar-refractivity contribution in [2.24, 2.45) is 5.10 Å². The zero-order chi connectivity index (χ0) is 14.5. The molecule has 0 radical (unpaired) electrons. The second-order valence-electron chi connectivity index (χ2n) is 3.87. The van der Waals surface area contributed by atoms with E-state index in [0.717, 1.165) is 0 Å². The molecule has 0 atom stereocenters. The first kappa shape index (κ1) is 14.5. The summed E-state index contributed by atoms with van der Waals surface area (Å²) in [5, 5.41) is 4.46. The molecule has 0 fully saturated rings. The third kappa shape index (κ3) is 3.79. The van der Waals surface area contributed by atoms with E-state index in [1.807, 2.05) is 0 Å². The highest BCUT2D eigenvalue weighted by molar-refractivity contribution is 6.36. The molecule has 0 unspecified atom stereocenters. The van der Waals surface area contributed by atoms with E-state index in [9.17, 15) is 9.18 Å². The Bertz CT molecular complexity index is 657. The minimum Gasteiger partial charge on any atom is -0.267 e. The Labute approximate surface area is 125 Å². The maximum absolute atomic E-state index is 12.7. The van der Waals surface area contributed by atoms with Crippen LogP contribution in [0.4, 0.5) is 4.39 Å². The van der Waals surface area contributed by atoms with Gasteiger partial charge in [0.2, 0.25) is 0 Å². The van der Waals surface area contributed by atoms with E-state index in [4.69, 9.17) is 23.2 Å². The number of carbonyl (C=O) groups is 1. The smallest absolute Gasteiger partial charge is 0.267 e. The molecule has 6 heteroatoms. The molecule has 0 aliphatic rings. The number of hydrogen-bond donors (Lipinski definition) is 1. The first-order valence-corrected chi connectivity index (χ1v) is 6.36. The molecule has 3 nitrogen and oxygen atoms in total. The molecule has 2 aromatic rings. The minimum atomic E-state index is -0.454. The Morgan fingerprint density at radius 1 is 1.15 bits per heavy atom. The molecule has 0 saturated carbocycles. The fraction of sp³-hybridized carbons (Fsp3) is 0. The number of benzene rings is 2. The molecule has 0 aromatic heterocycles. The lowest BCUT2D eigenvalue weighted by Gasteiger charge is -2.02. The Kier molecular flexibility index (Phi) is 4.71. The van der Waals surface area contributed by atoms with E-state index in [1.54, 1.807) is 18.2 Å². The van der Waals surface area contributed by atoms with Gasteiger partial charge >= 0.3 is 0 Å². The molecule has 0 aliphatic heterocycles. The van der Waals surface area contributed by atoms with Crippen LogP contribution in [-0.2, 0) is 0 Å². The summed E-state index contributed by atoms with van der Waals surface area (Å²) in [5.74, 6) is -0.788. The summed E-state index contributed by atoms with van der Waals surface area (Å²) in [7, 11) is 0. The average molecular weight is 311 g/mol. The molecule has 0 saturated heterocycles. The third-order valence-electron chi connectivity index (χ3n) is 2.43. The number of hydrazone groups is 1. The van der Waals surface area contributed by atoms with Gasteiger partial charge in [-0.2, -0.15) is 5.10 Å². The van der Waals surface area contributed by atoms with Crippen LogP contribution in [0.15, 0.2) is 47.6 Å². The van der Waals surface area contributed by atoms with Crippen molar-refractivity contribution in [1.82, 2.24) is 5.43 Å². The molecular formula is C14H9Cl2FN2O. The van der Waals surface area contributed by atoms with E-state index in [-0.39, 0.29) is 16.4 Å². The van der Waals surface area contributed by atoms with Crippen LogP contribution in [0.3, 0.4) is 0 Å². The van der Waals surface area contributed by atoms with Gasteiger partial charge in [-0.05, 0) is 35.9 Å². The fourth-order valence-corrected chi connectivity index (χ4v) is 1.94. The lowest BCUT2D eigenvalue weighted by molar-refractivity contribution is 0.0955. The Morgan fingerprint density at radius 3 is 2.50 bits per heavy atom. The lowest BCUT2D eigenvalue weighted by Crippen LogP contribution is -2.18. The van der Waals surface area contributed by atoms with E-state index in [2.05, 4.69) is 10.5 Å². The Balaban J connectivity index is 2.03. The van der Waals surface area contributed by atoms with E-state index < -0.39 is 5.91 Å². The molecule has 0 spiro atoms. The van der Waals surface area contributed by atoms with Crippen LogP contribution in [0.1, 0.15) is 15.9 Å². The van der Waals surface area contributed by atoms with Crippen molar-refractivity contribution >= 4 is 35.3 Å². The molecular weight excluding hydrogens is 302 g/mol. The van der Waals surface area contributed by atoms with Gasteiger partial charge in [0.25, 0.3) is 5.91 Å². The van der Waals surface area contributed by atoms with E-state index in [0.29, 0.717) is 10.6 Å². The van der Waals surface area contributed by atoms with Gasteiger partial charge in [-0.25, -0.2) is 9.82 Å². The first-order chi connectivity index (χ1) is 9.56. The standard InChI is InChI=1S/C14H9Cl2FN2O/c15-10-3-6-12(13(16)7-10)14(20)19-18-8-9-1-4-11(17)5-2-9/h1-8H,(H,19,20)/b18-8+. The van der Waals surface area contributed by atoms with Gasteiger partial charge in [0.05, 0.1) is 16.8 Å². The zero-order valence-electron chi connectivity index (χ0n) is 10.1. The number of nitrogens with one attached hydrogen (secondary N) is 1. The summed E-state index contributed by atoms with van der Waals surface area (Å²) < 4.78 is 12.7. The highest BCUT2D eigenvalue weighted by Crippen LogP contribution is 2.20. The number of rotatable bonds is 3. The van der Waals surface area contributed by atoms with Gasteiger partial charge in [-0.3, -0.25) is 4.79 Å². The van der Waals surface area contributed by atoms with Crippen molar-refractivity contribution < 1.29 is 9.18 Å². The van der Waals surface area contributed by atoms with Crippen LogP contribution in [0.5, 0.6) is 0 Å². The molecule has 0 bridgehead atoms. The van der Waals surface area contributed by atoms with E-state index in [1.165, 1.54) is 30.5 Å². The van der Waals surface area contributed by atoms with E-state index >= 15 is 0 Å². The van der Waals surface area contributed by atoms with Gasteiger partial charge in [-0.15, -0.1) is 0 Å². The summed E-state index contributed by atoms with van der Waals surface area (Å²) >= 11 is 11.6. The van der Waals surface area contributed by atoms with Crippen LogP contribution in [-0.4, -0.2) is 12.1 Å². The normalized spacial score (nSPS) is 10.8. The minimum absolute atomic E-state index is 0.243. The van der Waals surface area contributed by atoms with Crippen molar-refractivity contribution in [3.05, 3.63) is 69.5 Å². The first-order valence-electron chi connectivity index (χ1n) is 5.60. The third-order valence-corrected chi connectivity index (χ3v) is 2.97. The number of nitrogens with zero attached hydrogens (tertiary/aromatic N) is 1. The lowest BCUT2D eigenvalue weighted by atomic mass is 10.2. The maximum Gasteiger partial charge on any atom is 0.272 e. The highest BCUT2D eigenvalue weighted by atomic mass is 35.5. The van der Waals surface area contributed by atoms with Gasteiger partial charge in [-0.1, -0.05) is 35.3 Å². The van der Waals surface area contributed by atoms with Gasteiger partial charge < -0.3 is 0 Å². The van der Waals surface area contributed by atoms with Crippen LogP contribution in [0, 0.1) is 5.82 Å². The zero-order valence-corrected chi connectivity index (χ0v) is 11.6. The quantitative estimate of drug-likeness (QED) is 0.678. The summed E-state index contributed by atoms with van der Waals surface area (Å²) in [4.78, 5) is 11.8. The molecule has 20 heavy (non-hydrogen) atoms. The SMILES string of the molecule is O=C(N/N=C/c1ccc(F)cc1)c1ccc(Cl)cc1Cl. The molecule has 0 aliphatic carbocycles. The summed E-state index contributed by atoms with van der Waals surface area (Å²) in [6.45, 7) is 0. The maximum atomic E-state index is 12.7. The van der Waals surface area contributed by atoms with Crippen LogP contribution < -0.4 is 5.43 Å². The van der Waals surface area contributed by atoms with Gasteiger partial charge in [0.15, 0.2) is 0 Å². The predicted octanol–water partition coefficient (Wildman–Crippen LogP) is 3.90. The summed E-state index contributed by atoms with van der Waals surface area (Å²) in [5.41, 5.74) is 3.26. The van der Waals surface area contributed by atoms with Gasteiger partial charge in [0, 0.05) is 5.02 Å².